The van der Waals surface area contributed by atoms with Gasteiger partial charge in [0, 0.05) is 6.54 Å². The van der Waals surface area contributed by atoms with E-state index in [0.29, 0.717) is 0 Å². The summed E-state index contributed by atoms with van der Waals surface area (Å²) < 4.78 is 37.5. The van der Waals surface area contributed by atoms with Crippen LogP contribution in [0.3, 0.4) is 0 Å². The molecule has 0 heterocycles. The van der Waals surface area contributed by atoms with E-state index < -0.39 is 29.8 Å². The molecule has 0 bridgehead atoms. The number of alkyl halides is 1. The Morgan fingerprint density at radius 3 is 2.36 bits per heavy atom. The molecule has 1 N–H and O–H groups in total. The number of amides is 1. The molecule has 0 fully saturated rings. The van der Waals surface area contributed by atoms with Crippen LogP contribution >= 0.6 is 0 Å². The van der Waals surface area contributed by atoms with E-state index >= 15 is 0 Å². The van der Waals surface area contributed by atoms with Crippen molar-refractivity contribution >= 4 is 5.91 Å². The molecule has 0 aromatic heterocycles. The fourth-order valence-electron chi connectivity index (χ4n) is 0.964. The summed E-state index contributed by atoms with van der Waals surface area (Å²) in [4.78, 5) is 11.1. The molecule has 76 valence electrons. The van der Waals surface area contributed by atoms with Gasteiger partial charge in [-0.3, -0.25) is 4.79 Å². The zero-order valence-electron chi connectivity index (χ0n) is 7.19. The highest BCUT2D eigenvalue weighted by Crippen LogP contribution is 2.11. The lowest BCUT2D eigenvalue weighted by Crippen LogP contribution is -2.27. The van der Waals surface area contributed by atoms with Crippen molar-refractivity contribution in [1.82, 2.24) is 5.32 Å². The molecule has 1 aromatic carbocycles. The second kappa shape index (κ2) is 4.64. The molecule has 1 aromatic rings. The van der Waals surface area contributed by atoms with Crippen LogP contribution in [-0.4, -0.2) is 19.1 Å². The Kier molecular flexibility index (Phi) is 3.50. The SMILES string of the molecule is O=C(NCCF)c1c(F)cccc1F. The number of carbonyl (C=O) groups excluding carboxylic acids is 1. The highest BCUT2D eigenvalue weighted by molar-refractivity contribution is 5.94. The lowest BCUT2D eigenvalue weighted by atomic mass is 10.2. The van der Waals surface area contributed by atoms with Gasteiger partial charge in [0.05, 0.1) is 0 Å². The van der Waals surface area contributed by atoms with Gasteiger partial charge < -0.3 is 5.32 Å². The molecule has 0 aliphatic heterocycles. The summed E-state index contributed by atoms with van der Waals surface area (Å²) in [6.07, 6.45) is 0. The maximum atomic E-state index is 12.9. The summed E-state index contributed by atoms with van der Waals surface area (Å²) in [6, 6.07) is 3.08. The van der Waals surface area contributed by atoms with Gasteiger partial charge in [-0.15, -0.1) is 0 Å². The van der Waals surface area contributed by atoms with Crippen molar-refractivity contribution in [2.75, 3.05) is 13.2 Å². The van der Waals surface area contributed by atoms with Crippen molar-refractivity contribution in [1.29, 1.82) is 0 Å². The molecule has 0 radical (unpaired) electrons. The summed E-state index contributed by atoms with van der Waals surface area (Å²) in [5.41, 5.74) is -0.680. The van der Waals surface area contributed by atoms with E-state index in [-0.39, 0.29) is 6.54 Å². The third-order valence-electron chi connectivity index (χ3n) is 1.57. The van der Waals surface area contributed by atoms with Crippen LogP contribution in [0.25, 0.3) is 0 Å². The van der Waals surface area contributed by atoms with Gasteiger partial charge in [-0.25, -0.2) is 13.2 Å². The number of halogens is 3. The number of rotatable bonds is 3. The van der Waals surface area contributed by atoms with Gasteiger partial charge in [0.2, 0.25) is 0 Å². The molecule has 1 amide bonds. The van der Waals surface area contributed by atoms with Gasteiger partial charge in [0.25, 0.3) is 5.91 Å². The van der Waals surface area contributed by atoms with Crippen LogP contribution in [0.1, 0.15) is 10.4 Å². The number of benzene rings is 1. The molecule has 0 unspecified atom stereocenters. The Morgan fingerprint density at radius 2 is 1.86 bits per heavy atom. The smallest absolute Gasteiger partial charge is 0.257 e. The predicted molar refractivity (Wildman–Crippen MR) is 44.7 cm³/mol. The number of hydrogen-bond donors (Lipinski definition) is 1. The molecule has 14 heavy (non-hydrogen) atoms. The monoisotopic (exact) mass is 203 g/mol. The Morgan fingerprint density at radius 1 is 1.29 bits per heavy atom. The normalized spacial score (nSPS) is 9.93. The molecule has 0 atom stereocenters. The maximum Gasteiger partial charge on any atom is 0.257 e. The van der Waals surface area contributed by atoms with E-state index in [1.54, 1.807) is 0 Å². The minimum atomic E-state index is -0.957. The zero-order valence-corrected chi connectivity index (χ0v) is 7.19. The molecule has 0 saturated carbocycles. The fourth-order valence-corrected chi connectivity index (χ4v) is 0.964. The molecule has 0 saturated heterocycles. The van der Waals surface area contributed by atoms with Crippen LogP contribution in [0, 0.1) is 11.6 Å². The van der Waals surface area contributed by atoms with Gasteiger partial charge in [-0.1, -0.05) is 6.07 Å². The summed E-state index contributed by atoms with van der Waals surface area (Å²) in [7, 11) is 0. The van der Waals surface area contributed by atoms with E-state index in [2.05, 4.69) is 0 Å². The van der Waals surface area contributed by atoms with Crippen LogP contribution < -0.4 is 5.32 Å². The predicted octanol–water partition coefficient (Wildman–Crippen LogP) is 1.66. The van der Waals surface area contributed by atoms with Crippen molar-refractivity contribution in [3.8, 4) is 0 Å². The minimum Gasteiger partial charge on any atom is -0.349 e. The highest BCUT2D eigenvalue weighted by atomic mass is 19.1. The standard InChI is InChI=1S/C9H8F3NO/c10-4-5-13-9(14)8-6(11)2-1-3-7(8)12/h1-3H,4-5H2,(H,13,14). The first-order chi connectivity index (χ1) is 6.66. The van der Waals surface area contributed by atoms with E-state index in [9.17, 15) is 18.0 Å². The van der Waals surface area contributed by atoms with Crippen LogP contribution in [0.15, 0.2) is 18.2 Å². The van der Waals surface area contributed by atoms with Crippen LogP contribution in [-0.2, 0) is 0 Å². The van der Waals surface area contributed by atoms with E-state index in [4.69, 9.17) is 0 Å². The third kappa shape index (κ3) is 2.25. The summed E-state index contributed by atoms with van der Waals surface area (Å²) in [5.74, 6) is -2.86. The lowest BCUT2D eigenvalue weighted by Gasteiger charge is -2.04. The Bertz CT molecular complexity index is 321. The van der Waals surface area contributed by atoms with Gasteiger partial charge in [-0.2, -0.15) is 0 Å². The molecular weight excluding hydrogens is 195 g/mol. The van der Waals surface area contributed by atoms with Gasteiger partial charge in [0.15, 0.2) is 0 Å². The van der Waals surface area contributed by atoms with Crippen LogP contribution in [0.2, 0.25) is 0 Å². The molecule has 2 nitrogen and oxygen atoms in total. The first-order valence-electron chi connectivity index (χ1n) is 3.95. The third-order valence-corrected chi connectivity index (χ3v) is 1.57. The Labute approximate surface area is 78.7 Å². The fraction of sp³-hybridized carbons (Fsp3) is 0.222. The minimum absolute atomic E-state index is 0.257. The topological polar surface area (TPSA) is 29.1 Å². The molecule has 5 heteroatoms. The van der Waals surface area contributed by atoms with E-state index in [1.807, 2.05) is 5.32 Å². The van der Waals surface area contributed by atoms with E-state index in [1.165, 1.54) is 0 Å². The number of nitrogens with one attached hydrogen (secondary N) is 1. The zero-order chi connectivity index (χ0) is 10.6. The second-order valence-electron chi connectivity index (χ2n) is 2.54. The quantitative estimate of drug-likeness (QED) is 0.795. The molecule has 0 aliphatic carbocycles. The largest absolute Gasteiger partial charge is 0.349 e. The number of carbonyl (C=O) groups is 1. The van der Waals surface area contributed by atoms with Crippen molar-refractivity contribution in [2.45, 2.75) is 0 Å². The molecule has 1 rings (SSSR count). The van der Waals surface area contributed by atoms with Crippen LogP contribution in [0.4, 0.5) is 13.2 Å². The number of hydrogen-bond acceptors (Lipinski definition) is 1. The van der Waals surface area contributed by atoms with E-state index in [0.717, 1.165) is 18.2 Å². The van der Waals surface area contributed by atoms with Crippen molar-refractivity contribution in [3.63, 3.8) is 0 Å². The Balaban J connectivity index is 2.89. The van der Waals surface area contributed by atoms with Crippen LogP contribution in [0.5, 0.6) is 0 Å². The molecular formula is C9H8F3NO. The van der Waals surface area contributed by atoms with Gasteiger partial charge in [-0.05, 0) is 12.1 Å². The summed E-state index contributed by atoms with van der Waals surface area (Å²) in [6.45, 7) is -1.03. The maximum absolute atomic E-state index is 12.9. The summed E-state index contributed by atoms with van der Waals surface area (Å²) >= 11 is 0. The lowest BCUT2D eigenvalue weighted by molar-refractivity contribution is 0.0942. The van der Waals surface area contributed by atoms with Crippen molar-refractivity contribution in [2.24, 2.45) is 0 Å². The summed E-state index contributed by atoms with van der Waals surface area (Å²) in [5, 5.41) is 2.04. The highest BCUT2D eigenvalue weighted by Gasteiger charge is 2.15. The van der Waals surface area contributed by atoms with Gasteiger partial charge in [0.1, 0.15) is 23.9 Å². The van der Waals surface area contributed by atoms with Gasteiger partial charge >= 0.3 is 0 Å². The molecule has 0 spiro atoms. The first-order valence-corrected chi connectivity index (χ1v) is 3.95. The molecule has 0 aliphatic rings. The van der Waals surface area contributed by atoms with Crippen molar-refractivity contribution < 1.29 is 18.0 Å². The Hall–Kier alpha value is -1.52. The average molecular weight is 203 g/mol. The first kappa shape index (κ1) is 10.6. The average Bonchev–Trinajstić information content (AvgIpc) is 2.14. The second-order valence-corrected chi connectivity index (χ2v) is 2.54. The van der Waals surface area contributed by atoms with Crippen molar-refractivity contribution in [3.05, 3.63) is 35.4 Å².